The number of rotatable bonds is 5. The van der Waals surface area contributed by atoms with Crippen LogP contribution in [0.5, 0.6) is 0 Å². The van der Waals surface area contributed by atoms with Crippen molar-refractivity contribution < 1.29 is 9.90 Å². The van der Waals surface area contributed by atoms with E-state index in [-0.39, 0.29) is 11.9 Å². The number of benzene rings is 1. The zero-order chi connectivity index (χ0) is 16.2. The first-order chi connectivity index (χ1) is 11.2. The highest BCUT2D eigenvalue weighted by atomic mass is 16.3. The maximum Gasteiger partial charge on any atom is 0.222 e. The number of fused-ring (bicyclic) bond motifs is 1. The summed E-state index contributed by atoms with van der Waals surface area (Å²) in [5.74, 6) is 0.190. The van der Waals surface area contributed by atoms with Crippen LogP contribution >= 0.6 is 0 Å². The summed E-state index contributed by atoms with van der Waals surface area (Å²) in [5, 5.41) is 11.1. The Hall–Kier alpha value is -1.81. The lowest BCUT2D eigenvalue weighted by Gasteiger charge is -2.37. The second-order valence-electron chi connectivity index (χ2n) is 6.60. The third kappa shape index (κ3) is 3.58. The van der Waals surface area contributed by atoms with Crippen LogP contribution in [0.25, 0.3) is 10.9 Å². The maximum absolute atomic E-state index is 12.5. The molecular weight excluding hydrogens is 288 g/mol. The van der Waals surface area contributed by atoms with Crippen molar-refractivity contribution >= 4 is 16.8 Å². The lowest BCUT2D eigenvalue weighted by atomic mass is 9.97. The fourth-order valence-corrected chi connectivity index (χ4v) is 3.68. The molecule has 1 aliphatic heterocycles. The summed E-state index contributed by atoms with van der Waals surface area (Å²) in [6.45, 7) is 2.59. The van der Waals surface area contributed by atoms with Gasteiger partial charge in [-0.1, -0.05) is 18.2 Å². The average molecular weight is 314 g/mol. The van der Waals surface area contributed by atoms with Crippen molar-refractivity contribution in [3.63, 3.8) is 0 Å². The Bertz CT molecular complexity index is 662. The van der Waals surface area contributed by atoms with Gasteiger partial charge in [0.2, 0.25) is 5.91 Å². The lowest BCUT2D eigenvalue weighted by molar-refractivity contribution is -0.137. The van der Waals surface area contributed by atoms with Gasteiger partial charge in [-0.25, -0.2) is 0 Å². The van der Waals surface area contributed by atoms with Crippen LogP contribution in [-0.2, 0) is 11.2 Å². The molecule has 1 saturated heterocycles. The van der Waals surface area contributed by atoms with E-state index in [4.69, 9.17) is 0 Å². The van der Waals surface area contributed by atoms with Crippen LogP contribution in [0.4, 0.5) is 0 Å². The van der Waals surface area contributed by atoms with Crippen molar-refractivity contribution in [3.05, 3.63) is 36.0 Å². The highest BCUT2D eigenvalue weighted by molar-refractivity contribution is 5.83. The van der Waals surface area contributed by atoms with E-state index in [2.05, 4.69) is 23.3 Å². The predicted octanol–water partition coefficient (Wildman–Crippen LogP) is 3.25. The average Bonchev–Trinajstić information content (AvgIpc) is 2.98. The Morgan fingerprint density at radius 1 is 1.39 bits per heavy atom. The highest BCUT2D eigenvalue weighted by Gasteiger charge is 2.29. The third-order valence-corrected chi connectivity index (χ3v) is 4.94. The maximum atomic E-state index is 12.5. The van der Waals surface area contributed by atoms with Gasteiger partial charge in [0.25, 0.3) is 0 Å². The molecule has 124 valence electrons. The van der Waals surface area contributed by atoms with Gasteiger partial charge in [-0.3, -0.25) is 4.79 Å². The smallest absolute Gasteiger partial charge is 0.222 e. The molecule has 1 fully saturated rings. The summed E-state index contributed by atoms with van der Waals surface area (Å²) >= 11 is 0. The summed E-state index contributed by atoms with van der Waals surface area (Å²) < 4.78 is 0. The number of nitrogens with one attached hydrogen (secondary N) is 1. The standard InChI is InChI=1S/C19H26N2O2/c1-14(22)18-10-4-5-12-21(18)19(23)11-6-7-15-13-20-17-9-3-2-8-16(15)17/h2-3,8-9,13-14,18,20,22H,4-7,10-12H2,1H3. The molecule has 2 aromatic rings. The van der Waals surface area contributed by atoms with Gasteiger partial charge in [0, 0.05) is 30.1 Å². The summed E-state index contributed by atoms with van der Waals surface area (Å²) in [6, 6.07) is 8.27. The minimum Gasteiger partial charge on any atom is -0.391 e. The number of aromatic amines is 1. The van der Waals surface area contributed by atoms with Crippen molar-refractivity contribution in [2.75, 3.05) is 6.54 Å². The molecule has 4 heteroatoms. The molecule has 1 aromatic heterocycles. The van der Waals surface area contributed by atoms with Gasteiger partial charge in [0.15, 0.2) is 0 Å². The van der Waals surface area contributed by atoms with E-state index in [1.165, 1.54) is 10.9 Å². The molecule has 4 nitrogen and oxygen atoms in total. The number of para-hydroxylation sites is 1. The number of amides is 1. The Morgan fingerprint density at radius 3 is 3.04 bits per heavy atom. The zero-order valence-corrected chi connectivity index (χ0v) is 13.8. The quantitative estimate of drug-likeness (QED) is 0.890. The van der Waals surface area contributed by atoms with Crippen molar-refractivity contribution in [1.29, 1.82) is 0 Å². The van der Waals surface area contributed by atoms with E-state index in [0.29, 0.717) is 6.42 Å². The number of hydrogen-bond acceptors (Lipinski definition) is 2. The molecule has 0 saturated carbocycles. The molecule has 0 spiro atoms. The number of hydrogen-bond donors (Lipinski definition) is 2. The van der Waals surface area contributed by atoms with Crippen molar-refractivity contribution in [2.45, 2.75) is 57.6 Å². The Kier molecular flexibility index (Phi) is 5.01. The number of aliphatic hydroxyl groups is 1. The molecular formula is C19H26N2O2. The van der Waals surface area contributed by atoms with Gasteiger partial charge in [0.1, 0.15) is 0 Å². The van der Waals surface area contributed by atoms with E-state index in [9.17, 15) is 9.90 Å². The fourth-order valence-electron chi connectivity index (χ4n) is 3.68. The Morgan fingerprint density at radius 2 is 2.22 bits per heavy atom. The van der Waals surface area contributed by atoms with Crippen LogP contribution in [0.2, 0.25) is 0 Å². The first-order valence-electron chi connectivity index (χ1n) is 8.69. The third-order valence-electron chi connectivity index (χ3n) is 4.94. The van der Waals surface area contributed by atoms with Crippen molar-refractivity contribution in [2.24, 2.45) is 0 Å². The van der Waals surface area contributed by atoms with Crippen LogP contribution < -0.4 is 0 Å². The molecule has 23 heavy (non-hydrogen) atoms. The molecule has 2 unspecified atom stereocenters. The number of likely N-dealkylation sites (tertiary alicyclic amines) is 1. The topological polar surface area (TPSA) is 56.3 Å². The van der Waals surface area contributed by atoms with E-state index < -0.39 is 6.10 Å². The van der Waals surface area contributed by atoms with Crippen LogP contribution in [0.15, 0.2) is 30.5 Å². The monoisotopic (exact) mass is 314 g/mol. The molecule has 1 amide bonds. The van der Waals surface area contributed by atoms with E-state index in [0.717, 1.165) is 44.2 Å². The van der Waals surface area contributed by atoms with Crippen molar-refractivity contribution in [3.8, 4) is 0 Å². The molecule has 2 heterocycles. The van der Waals surface area contributed by atoms with Crippen LogP contribution in [0, 0.1) is 0 Å². The Balaban J connectivity index is 1.56. The molecule has 3 rings (SSSR count). The number of carbonyl (C=O) groups is 1. The summed E-state index contributed by atoms with van der Waals surface area (Å²) in [6.07, 6.45) is 7.01. The summed E-state index contributed by atoms with van der Waals surface area (Å²) in [5.41, 5.74) is 2.43. The lowest BCUT2D eigenvalue weighted by Crippen LogP contribution is -2.48. The molecule has 0 radical (unpaired) electrons. The van der Waals surface area contributed by atoms with Crippen molar-refractivity contribution in [1.82, 2.24) is 9.88 Å². The number of carbonyl (C=O) groups excluding carboxylic acids is 1. The highest BCUT2D eigenvalue weighted by Crippen LogP contribution is 2.23. The van der Waals surface area contributed by atoms with E-state index >= 15 is 0 Å². The minimum absolute atomic E-state index is 0.00402. The summed E-state index contributed by atoms with van der Waals surface area (Å²) in [4.78, 5) is 17.7. The number of H-pyrrole nitrogens is 1. The van der Waals surface area contributed by atoms with Gasteiger partial charge < -0.3 is 15.0 Å². The van der Waals surface area contributed by atoms with Gasteiger partial charge >= 0.3 is 0 Å². The van der Waals surface area contributed by atoms with Gasteiger partial charge in [-0.2, -0.15) is 0 Å². The van der Waals surface area contributed by atoms with Crippen LogP contribution in [-0.4, -0.2) is 39.6 Å². The SMILES string of the molecule is CC(O)C1CCCCN1C(=O)CCCc1c[nH]c2ccccc12. The molecule has 2 N–H and O–H groups in total. The second kappa shape index (κ2) is 7.18. The number of aromatic nitrogens is 1. The number of nitrogens with zero attached hydrogens (tertiary/aromatic N) is 1. The zero-order valence-electron chi connectivity index (χ0n) is 13.8. The predicted molar refractivity (Wildman–Crippen MR) is 92.3 cm³/mol. The van der Waals surface area contributed by atoms with Crippen LogP contribution in [0.3, 0.4) is 0 Å². The van der Waals surface area contributed by atoms with Gasteiger partial charge in [-0.15, -0.1) is 0 Å². The summed E-state index contributed by atoms with van der Waals surface area (Å²) in [7, 11) is 0. The Labute approximate surface area is 137 Å². The normalized spacial score (nSPS) is 19.9. The molecule has 2 atom stereocenters. The van der Waals surface area contributed by atoms with Gasteiger partial charge in [0.05, 0.1) is 12.1 Å². The molecule has 0 aliphatic carbocycles. The van der Waals surface area contributed by atoms with Crippen LogP contribution in [0.1, 0.15) is 44.6 Å². The number of aryl methyl sites for hydroxylation is 1. The molecule has 1 aromatic carbocycles. The second-order valence-corrected chi connectivity index (χ2v) is 6.60. The number of piperidine rings is 1. The van der Waals surface area contributed by atoms with E-state index in [1.54, 1.807) is 6.92 Å². The first kappa shape index (κ1) is 16.1. The fraction of sp³-hybridized carbons (Fsp3) is 0.526. The largest absolute Gasteiger partial charge is 0.391 e. The molecule has 1 aliphatic rings. The van der Waals surface area contributed by atoms with E-state index in [1.807, 2.05) is 17.0 Å². The first-order valence-corrected chi connectivity index (χ1v) is 8.69. The molecule has 0 bridgehead atoms. The van der Waals surface area contributed by atoms with Gasteiger partial charge in [-0.05, 0) is 50.7 Å². The number of aliphatic hydroxyl groups excluding tert-OH is 1. The minimum atomic E-state index is -0.437.